The molecule has 1 aliphatic carbocycles. The Morgan fingerprint density at radius 3 is 2.30 bits per heavy atom. The largest absolute Gasteiger partial charge is 0.295 e. The molecule has 1 unspecified atom stereocenters. The molecule has 1 atom stereocenters. The molecule has 1 nitrogen and oxygen atoms in total. The molecule has 0 aliphatic heterocycles. The number of halogens is 1. The van der Waals surface area contributed by atoms with E-state index in [1.165, 1.54) is 5.56 Å². The highest BCUT2D eigenvalue weighted by atomic mass is 79.9. The van der Waals surface area contributed by atoms with Crippen LogP contribution in [0.4, 0.5) is 0 Å². The molecule has 0 saturated heterocycles. The van der Waals surface area contributed by atoms with E-state index in [1.807, 2.05) is 36.4 Å². The minimum Gasteiger partial charge on any atom is -0.295 e. The molecule has 0 heterocycles. The van der Waals surface area contributed by atoms with Crippen LogP contribution in [0.15, 0.2) is 65.1 Å². The van der Waals surface area contributed by atoms with E-state index in [1.54, 1.807) is 0 Å². The summed E-state index contributed by atoms with van der Waals surface area (Å²) in [6, 6.07) is 18.5. The van der Waals surface area contributed by atoms with Gasteiger partial charge in [-0.15, -0.1) is 0 Å². The Balaban J connectivity index is 1.89. The van der Waals surface area contributed by atoms with Crippen LogP contribution >= 0.6 is 15.9 Å². The number of rotatable bonds is 2. The van der Waals surface area contributed by atoms with Gasteiger partial charge in [-0.05, 0) is 47.2 Å². The number of ketones is 1. The van der Waals surface area contributed by atoms with E-state index in [9.17, 15) is 4.79 Å². The first-order valence-corrected chi connectivity index (χ1v) is 7.56. The van der Waals surface area contributed by atoms with Crippen LogP contribution in [0.2, 0.25) is 0 Å². The summed E-state index contributed by atoms with van der Waals surface area (Å²) in [5.74, 6) is 0.513. The molecule has 0 bridgehead atoms. The molecule has 3 rings (SSSR count). The molecular weight excluding hydrogens is 312 g/mol. The lowest BCUT2D eigenvalue weighted by Crippen LogP contribution is -2.12. The van der Waals surface area contributed by atoms with Gasteiger partial charge in [0.2, 0.25) is 0 Å². The van der Waals surface area contributed by atoms with Gasteiger partial charge in [0.1, 0.15) is 0 Å². The van der Waals surface area contributed by atoms with Crippen molar-refractivity contribution in [3.05, 3.63) is 76.3 Å². The fraction of sp³-hybridized carbons (Fsp3) is 0.167. The van der Waals surface area contributed by atoms with Crippen molar-refractivity contribution >= 4 is 27.3 Å². The highest BCUT2D eigenvalue weighted by Crippen LogP contribution is 2.36. The van der Waals surface area contributed by atoms with E-state index in [4.69, 9.17) is 0 Å². The molecule has 0 fully saturated rings. The van der Waals surface area contributed by atoms with Gasteiger partial charge in [0.05, 0.1) is 0 Å². The second-order valence-electron chi connectivity index (χ2n) is 5.16. The van der Waals surface area contributed by atoms with Gasteiger partial charge in [-0.1, -0.05) is 58.4 Å². The lowest BCUT2D eigenvalue weighted by Gasteiger charge is -2.22. The van der Waals surface area contributed by atoms with Gasteiger partial charge in [0, 0.05) is 10.9 Å². The molecule has 0 amide bonds. The van der Waals surface area contributed by atoms with Crippen LogP contribution in [-0.2, 0) is 4.79 Å². The third kappa shape index (κ3) is 2.91. The van der Waals surface area contributed by atoms with Crippen molar-refractivity contribution in [1.82, 2.24) is 0 Å². The molecule has 0 saturated carbocycles. The zero-order valence-corrected chi connectivity index (χ0v) is 12.6. The van der Waals surface area contributed by atoms with E-state index in [0.717, 1.165) is 22.0 Å². The molecule has 2 heteroatoms. The maximum atomic E-state index is 12.0. The average molecular weight is 327 g/mol. The first kappa shape index (κ1) is 13.3. The first-order chi connectivity index (χ1) is 9.72. The van der Waals surface area contributed by atoms with Crippen molar-refractivity contribution in [2.75, 3.05) is 0 Å². The second kappa shape index (κ2) is 5.76. The van der Waals surface area contributed by atoms with Gasteiger partial charge in [-0.25, -0.2) is 0 Å². The Morgan fingerprint density at radius 2 is 1.60 bits per heavy atom. The predicted molar refractivity (Wildman–Crippen MR) is 85.5 cm³/mol. The van der Waals surface area contributed by atoms with Crippen LogP contribution in [0.5, 0.6) is 0 Å². The van der Waals surface area contributed by atoms with Crippen molar-refractivity contribution in [3.63, 3.8) is 0 Å². The Morgan fingerprint density at radius 1 is 0.900 bits per heavy atom. The summed E-state index contributed by atoms with van der Waals surface area (Å²) < 4.78 is 1.07. The average Bonchev–Trinajstić information content (AvgIpc) is 2.48. The minimum absolute atomic E-state index is 0.225. The summed E-state index contributed by atoms with van der Waals surface area (Å²) in [5.41, 5.74) is 3.54. The maximum Gasteiger partial charge on any atom is 0.156 e. The Hall–Kier alpha value is -1.67. The number of hydrogen-bond acceptors (Lipinski definition) is 1. The Bertz CT molecular complexity index is 641. The molecule has 0 radical (unpaired) electrons. The van der Waals surface area contributed by atoms with E-state index in [-0.39, 0.29) is 11.7 Å². The predicted octanol–water partition coefficient (Wildman–Crippen LogP) is 4.98. The fourth-order valence-corrected chi connectivity index (χ4v) is 2.98. The standard InChI is InChI=1S/C18H15BrO/c19-17-8-6-14(7-9-17)16-10-15(11-18(20)12-16)13-4-2-1-3-5-13/h1-9,11,16H,10,12H2. The van der Waals surface area contributed by atoms with Crippen LogP contribution in [-0.4, -0.2) is 5.78 Å². The lowest BCUT2D eigenvalue weighted by atomic mass is 9.81. The molecule has 2 aromatic rings. The van der Waals surface area contributed by atoms with Crippen LogP contribution in [0.1, 0.15) is 29.9 Å². The Kier molecular flexibility index (Phi) is 3.83. The van der Waals surface area contributed by atoms with Gasteiger partial charge in [0.25, 0.3) is 0 Å². The zero-order valence-electron chi connectivity index (χ0n) is 11.1. The van der Waals surface area contributed by atoms with Gasteiger partial charge < -0.3 is 0 Å². The van der Waals surface area contributed by atoms with Crippen LogP contribution in [0, 0.1) is 0 Å². The van der Waals surface area contributed by atoms with Crippen molar-refractivity contribution in [2.45, 2.75) is 18.8 Å². The van der Waals surface area contributed by atoms with E-state index in [0.29, 0.717) is 6.42 Å². The number of allylic oxidation sites excluding steroid dienone is 2. The first-order valence-electron chi connectivity index (χ1n) is 6.76. The summed E-state index contributed by atoms with van der Waals surface area (Å²) >= 11 is 3.45. The second-order valence-corrected chi connectivity index (χ2v) is 6.07. The maximum absolute atomic E-state index is 12.0. The highest BCUT2D eigenvalue weighted by Gasteiger charge is 2.22. The Labute approximate surface area is 127 Å². The summed E-state index contributed by atoms with van der Waals surface area (Å²) in [4.78, 5) is 12.0. The fourth-order valence-electron chi connectivity index (χ4n) is 2.72. The summed E-state index contributed by atoms with van der Waals surface area (Å²) in [6.07, 6.45) is 3.35. The molecule has 0 aromatic heterocycles. The van der Waals surface area contributed by atoms with Crippen LogP contribution in [0.25, 0.3) is 5.57 Å². The van der Waals surface area contributed by atoms with Crippen LogP contribution in [0.3, 0.4) is 0 Å². The SMILES string of the molecule is O=C1C=C(c2ccccc2)CC(c2ccc(Br)cc2)C1. The van der Waals surface area contributed by atoms with E-state index < -0.39 is 0 Å². The van der Waals surface area contributed by atoms with E-state index in [2.05, 4.69) is 40.2 Å². The lowest BCUT2D eigenvalue weighted by molar-refractivity contribution is -0.115. The monoisotopic (exact) mass is 326 g/mol. The van der Waals surface area contributed by atoms with Crippen molar-refractivity contribution in [2.24, 2.45) is 0 Å². The summed E-state index contributed by atoms with van der Waals surface area (Å²) in [6.45, 7) is 0. The molecule has 20 heavy (non-hydrogen) atoms. The van der Waals surface area contributed by atoms with Gasteiger partial charge in [-0.2, -0.15) is 0 Å². The van der Waals surface area contributed by atoms with Crippen LogP contribution < -0.4 is 0 Å². The molecule has 2 aromatic carbocycles. The zero-order chi connectivity index (χ0) is 13.9. The number of hydrogen-bond donors (Lipinski definition) is 0. The number of carbonyl (C=O) groups excluding carboxylic acids is 1. The van der Waals surface area contributed by atoms with Gasteiger partial charge in [-0.3, -0.25) is 4.79 Å². The molecule has 0 spiro atoms. The number of benzene rings is 2. The number of carbonyl (C=O) groups is 1. The van der Waals surface area contributed by atoms with Gasteiger partial charge in [0.15, 0.2) is 5.78 Å². The molecule has 1 aliphatic rings. The normalized spacial score (nSPS) is 18.8. The van der Waals surface area contributed by atoms with Crippen molar-refractivity contribution in [1.29, 1.82) is 0 Å². The third-order valence-electron chi connectivity index (χ3n) is 3.74. The quantitative estimate of drug-likeness (QED) is 0.760. The smallest absolute Gasteiger partial charge is 0.156 e. The summed E-state index contributed by atoms with van der Waals surface area (Å²) in [5, 5.41) is 0. The molecule has 0 N–H and O–H groups in total. The third-order valence-corrected chi connectivity index (χ3v) is 4.26. The van der Waals surface area contributed by atoms with Gasteiger partial charge >= 0.3 is 0 Å². The summed E-state index contributed by atoms with van der Waals surface area (Å²) in [7, 11) is 0. The van der Waals surface area contributed by atoms with Crippen molar-refractivity contribution < 1.29 is 4.79 Å². The minimum atomic E-state index is 0.225. The highest BCUT2D eigenvalue weighted by molar-refractivity contribution is 9.10. The van der Waals surface area contributed by atoms with E-state index >= 15 is 0 Å². The topological polar surface area (TPSA) is 17.1 Å². The van der Waals surface area contributed by atoms with Crippen molar-refractivity contribution in [3.8, 4) is 0 Å². The molecule has 100 valence electrons. The molecular formula is C18H15BrO.